The van der Waals surface area contributed by atoms with Crippen molar-refractivity contribution >= 4 is 11.8 Å². The summed E-state index contributed by atoms with van der Waals surface area (Å²) in [5.74, 6) is 1.43. The summed E-state index contributed by atoms with van der Waals surface area (Å²) in [6, 6.07) is -0.126. The fourth-order valence-electron chi connectivity index (χ4n) is 4.03. The lowest BCUT2D eigenvalue weighted by molar-refractivity contribution is -0.144. The van der Waals surface area contributed by atoms with Crippen LogP contribution in [0.15, 0.2) is 0 Å². The van der Waals surface area contributed by atoms with Crippen LogP contribution in [0.25, 0.3) is 0 Å². The molecule has 2 rings (SSSR count). The van der Waals surface area contributed by atoms with E-state index in [1.807, 2.05) is 4.90 Å². The van der Waals surface area contributed by atoms with Gasteiger partial charge in [0.15, 0.2) is 0 Å². The van der Waals surface area contributed by atoms with E-state index in [0.29, 0.717) is 12.5 Å². The number of rotatable bonds is 8. The minimum absolute atomic E-state index is 0.0943. The van der Waals surface area contributed by atoms with Gasteiger partial charge in [-0.25, -0.2) is 0 Å². The van der Waals surface area contributed by atoms with Gasteiger partial charge >= 0.3 is 0 Å². The molecule has 1 atom stereocenters. The lowest BCUT2D eigenvalue weighted by Crippen LogP contribution is -2.57. The van der Waals surface area contributed by atoms with Crippen molar-refractivity contribution in [2.45, 2.75) is 52.0 Å². The van der Waals surface area contributed by atoms with Gasteiger partial charge in [0.1, 0.15) is 0 Å². The average molecular weight is 367 g/mol. The maximum atomic E-state index is 12.7. The van der Waals surface area contributed by atoms with E-state index in [1.165, 1.54) is 12.8 Å². The smallest absolute Gasteiger partial charge is 0.242 e. The average Bonchev–Trinajstić information content (AvgIpc) is 2.58. The Morgan fingerprint density at radius 3 is 2.54 bits per heavy atom. The van der Waals surface area contributed by atoms with Crippen molar-refractivity contribution in [1.29, 1.82) is 0 Å². The summed E-state index contributed by atoms with van der Waals surface area (Å²) in [5, 5.41) is 3.30. The molecule has 0 aromatic heterocycles. The Hall–Kier alpha value is -1.14. The van der Waals surface area contributed by atoms with E-state index in [2.05, 4.69) is 38.2 Å². The largest absolute Gasteiger partial charge is 0.341 e. The van der Waals surface area contributed by atoms with Crippen molar-refractivity contribution in [3.05, 3.63) is 0 Å². The topological polar surface area (TPSA) is 55.9 Å². The molecular weight excluding hydrogens is 328 g/mol. The molecule has 26 heavy (non-hydrogen) atoms. The molecule has 1 unspecified atom stereocenters. The van der Waals surface area contributed by atoms with Gasteiger partial charge in [-0.15, -0.1) is 0 Å². The lowest BCUT2D eigenvalue weighted by Gasteiger charge is -2.37. The fourth-order valence-corrected chi connectivity index (χ4v) is 4.03. The van der Waals surface area contributed by atoms with Gasteiger partial charge in [0.05, 0.1) is 12.6 Å². The van der Waals surface area contributed by atoms with Gasteiger partial charge in [0.2, 0.25) is 11.8 Å². The van der Waals surface area contributed by atoms with Crippen LogP contribution in [0.4, 0.5) is 0 Å². The predicted molar refractivity (Wildman–Crippen MR) is 105 cm³/mol. The number of hydrogen-bond donors (Lipinski definition) is 1. The molecule has 0 radical (unpaired) electrons. The highest BCUT2D eigenvalue weighted by Crippen LogP contribution is 2.22. The van der Waals surface area contributed by atoms with Crippen molar-refractivity contribution in [3.8, 4) is 0 Å². The van der Waals surface area contributed by atoms with Gasteiger partial charge in [-0.1, -0.05) is 13.8 Å². The van der Waals surface area contributed by atoms with Gasteiger partial charge in [-0.3, -0.25) is 9.59 Å². The Morgan fingerprint density at radius 2 is 1.92 bits per heavy atom. The molecule has 2 heterocycles. The van der Waals surface area contributed by atoms with Crippen LogP contribution in [0.3, 0.4) is 0 Å². The van der Waals surface area contributed by atoms with Gasteiger partial charge in [0, 0.05) is 26.2 Å². The van der Waals surface area contributed by atoms with Crippen molar-refractivity contribution < 1.29 is 9.59 Å². The molecule has 2 saturated heterocycles. The van der Waals surface area contributed by atoms with Crippen LogP contribution in [0, 0.1) is 11.8 Å². The van der Waals surface area contributed by atoms with Crippen LogP contribution in [-0.4, -0.2) is 85.9 Å². The monoisotopic (exact) mass is 366 g/mol. The Labute approximate surface area is 159 Å². The number of carbonyl (C=O) groups is 2. The van der Waals surface area contributed by atoms with Gasteiger partial charge in [0.25, 0.3) is 0 Å². The molecule has 2 aliphatic heterocycles. The normalized spacial score (nSPS) is 22.5. The van der Waals surface area contributed by atoms with Crippen LogP contribution >= 0.6 is 0 Å². The number of nitrogens with one attached hydrogen (secondary N) is 1. The second kappa shape index (κ2) is 10.3. The molecule has 1 N–H and O–H groups in total. The first-order chi connectivity index (χ1) is 12.4. The number of carbonyl (C=O) groups excluding carboxylic acids is 2. The highest BCUT2D eigenvalue weighted by Gasteiger charge is 2.31. The van der Waals surface area contributed by atoms with E-state index in [1.54, 1.807) is 4.90 Å². The van der Waals surface area contributed by atoms with Gasteiger partial charge in [-0.2, -0.15) is 0 Å². The van der Waals surface area contributed by atoms with Crippen molar-refractivity contribution in [3.63, 3.8) is 0 Å². The molecule has 2 amide bonds. The van der Waals surface area contributed by atoms with Crippen molar-refractivity contribution in [2.24, 2.45) is 11.8 Å². The first-order valence-corrected chi connectivity index (χ1v) is 10.3. The predicted octanol–water partition coefficient (Wildman–Crippen LogP) is 1.41. The number of hydrogen-bond acceptors (Lipinski definition) is 4. The van der Waals surface area contributed by atoms with E-state index in [9.17, 15) is 9.59 Å². The zero-order valence-corrected chi connectivity index (χ0v) is 17.2. The molecule has 6 nitrogen and oxygen atoms in total. The summed E-state index contributed by atoms with van der Waals surface area (Å²) >= 11 is 0. The molecule has 0 spiro atoms. The van der Waals surface area contributed by atoms with Gasteiger partial charge in [-0.05, 0) is 64.6 Å². The second-order valence-electron chi connectivity index (χ2n) is 8.67. The first kappa shape index (κ1) is 21.2. The maximum absolute atomic E-state index is 12.7. The molecular formula is C20H38N4O2. The number of amides is 2. The highest BCUT2D eigenvalue weighted by molar-refractivity contribution is 5.88. The molecule has 0 aromatic carbocycles. The van der Waals surface area contributed by atoms with Crippen molar-refractivity contribution in [1.82, 2.24) is 20.0 Å². The number of likely N-dealkylation sites (tertiary alicyclic amines) is 1. The third-order valence-corrected chi connectivity index (χ3v) is 5.60. The standard InChI is InChI=1S/C20H38N4O2/c1-16(2)14-18-20(26)24(13-9-21-18)15-19(25)23-11-7-17(8-12-23)6-5-10-22(3)4/h16-18,21H,5-15H2,1-4H3. The van der Waals surface area contributed by atoms with Crippen LogP contribution in [-0.2, 0) is 9.59 Å². The van der Waals surface area contributed by atoms with Crippen LogP contribution < -0.4 is 5.32 Å². The molecule has 0 aromatic rings. The summed E-state index contributed by atoms with van der Waals surface area (Å²) in [6.07, 6.45) is 5.53. The molecule has 2 fully saturated rings. The Balaban J connectivity index is 1.73. The van der Waals surface area contributed by atoms with E-state index < -0.39 is 0 Å². The van der Waals surface area contributed by atoms with E-state index >= 15 is 0 Å². The third-order valence-electron chi connectivity index (χ3n) is 5.60. The fraction of sp³-hybridized carbons (Fsp3) is 0.900. The maximum Gasteiger partial charge on any atom is 0.242 e. The summed E-state index contributed by atoms with van der Waals surface area (Å²) < 4.78 is 0. The molecule has 2 aliphatic rings. The minimum Gasteiger partial charge on any atom is -0.341 e. The number of nitrogens with zero attached hydrogens (tertiary/aromatic N) is 3. The number of piperidine rings is 1. The van der Waals surface area contributed by atoms with Crippen LogP contribution in [0.1, 0.15) is 46.0 Å². The van der Waals surface area contributed by atoms with E-state index in [-0.39, 0.29) is 24.4 Å². The van der Waals surface area contributed by atoms with Gasteiger partial charge < -0.3 is 20.0 Å². The molecule has 0 aliphatic carbocycles. The Morgan fingerprint density at radius 1 is 1.23 bits per heavy atom. The second-order valence-corrected chi connectivity index (χ2v) is 8.67. The van der Waals surface area contributed by atoms with Crippen LogP contribution in [0.2, 0.25) is 0 Å². The third kappa shape index (κ3) is 6.54. The summed E-state index contributed by atoms with van der Waals surface area (Å²) in [6.45, 7) is 8.76. The van der Waals surface area contributed by atoms with Crippen molar-refractivity contribution in [2.75, 3.05) is 53.4 Å². The zero-order valence-electron chi connectivity index (χ0n) is 17.2. The summed E-state index contributed by atoms with van der Waals surface area (Å²) in [7, 11) is 4.23. The SMILES string of the molecule is CC(C)CC1NCCN(CC(=O)N2CCC(CCCN(C)C)CC2)C1=O. The molecule has 0 bridgehead atoms. The minimum atomic E-state index is -0.126. The Bertz CT molecular complexity index is 459. The summed E-state index contributed by atoms with van der Waals surface area (Å²) in [4.78, 5) is 31.2. The van der Waals surface area contributed by atoms with E-state index in [4.69, 9.17) is 0 Å². The van der Waals surface area contributed by atoms with E-state index in [0.717, 1.165) is 51.4 Å². The van der Waals surface area contributed by atoms with Crippen LogP contribution in [0.5, 0.6) is 0 Å². The molecule has 150 valence electrons. The number of piperazine rings is 1. The highest BCUT2D eigenvalue weighted by atomic mass is 16.2. The lowest BCUT2D eigenvalue weighted by atomic mass is 9.92. The molecule has 0 saturated carbocycles. The molecule has 6 heteroatoms. The first-order valence-electron chi connectivity index (χ1n) is 10.3. The summed E-state index contributed by atoms with van der Waals surface area (Å²) in [5.41, 5.74) is 0. The quantitative estimate of drug-likeness (QED) is 0.706. The zero-order chi connectivity index (χ0) is 19.1. The Kier molecular flexibility index (Phi) is 8.35.